The van der Waals surface area contributed by atoms with Gasteiger partial charge in [0, 0.05) is 27.8 Å². The molecular formula is C14H11BrN2O3S. The molecule has 0 fully saturated rings. The van der Waals surface area contributed by atoms with Crippen molar-refractivity contribution in [3.05, 3.63) is 56.5 Å². The van der Waals surface area contributed by atoms with Crippen molar-refractivity contribution in [3.8, 4) is 0 Å². The number of carboxylic acids is 1. The smallest absolute Gasteiger partial charge is 0.328 e. The third-order valence-electron chi connectivity index (χ3n) is 2.54. The molecule has 2 aromatic rings. The quantitative estimate of drug-likeness (QED) is 0.797. The molecule has 0 saturated carbocycles. The molecule has 2 rings (SSSR count). The first kappa shape index (κ1) is 15.4. The first-order chi connectivity index (χ1) is 10.1. The van der Waals surface area contributed by atoms with Gasteiger partial charge in [-0.1, -0.05) is 0 Å². The summed E-state index contributed by atoms with van der Waals surface area (Å²) in [5, 5.41) is 13.3. The van der Waals surface area contributed by atoms with Crippen molar-refractivity contribution in [1.82, 2.24) is 10.3 Å². The van der Waals surface area contributed by atoms with Crippen molar-refractivity contribution in [2.24, 2.45) is 0 Å². The average molecular weight is 367 g/mol. The fraction of sp³-hybridized carbons (Fsp3) is 0.0714. The summed E-state index contributed by atoms with van der Waals surface area (Å²) in [5.74, 6) is -1.30. The number of thiophene rings is 1. The first-order valence-electron chi connectivity index (χ1n) is 5.92. The molecule has 0 saturated heterocycles. The van der Waals surface area contributed by atoms with Crippen LogP contribution in [0.2, 0.25) is 0 Å². The maximum Gasteiger partial charge on any atom is 0.328 e. The van der Waals surface area contributed by atoms with E-state index in [-0.39, 0.29) is 5.91 Å². The largest absolute Gasteiger partial charge is 0.478 e. The molecule has 1 amide bonds. The molecule has 0 aliphatic heterocycles. The SMILES string of the molecule is O=C(O)/C=C/c1cncc(C(=O)NCc2sccc2Br)c1. The van der Waals surface area contributed by atoms with E-state index in [0.29, 0.717) is 17.7 Å². The lowest BCUT2D eigenvalue weighted by molar-refractivity contribution is -0.131. The monoisotopic (exact) mass is 366 g/mol. The molecule has 0 aliphatic rings. The molecule has 5 nitrogen and oxygen atoms in total. The van der Waals surface area contributed by atoms with Crippen LogP contribution in [0.25, 0.3) is 6.08 Å². The lowest BCUT2D eigenvalue weighted by atomic mass is 10.2. The summed E-state index contributed by atoms with van der Waals surface area (Å²) in [4.78, 5) is 27.5. The maximum atomic E-state index is 12.0. The van der Waals surface area contributed by atoms with E-state index in [4.69, 9.17) is 5.11 Å². The minimum Gasteiger partial charge on any atom is -0.478 e. The van der Waals surface area contributed by atoms with Gasteiger partial charge in [-0.3, -0.25) is 9.78 Å². The molecule has 0 spiro atoms. The number of nitrogens with zero attached hydrogens (tertiary/aromatic N) is 1. The van der Waals surface area contributed by atoms with E-state index in [1.165, 1.54) is 18.5 Å². The van der Waals surface area contributed by atoms with Crippen molar-refractivity contribution in [2.45, 2.75) is 6.54 Å². The Bertz CT molecular complexity index is 697. The second-order valence-corrected chi connectivity index (χ2v) is 5.91. The standard InChI is InChI=1S/C14H11BrN2O3S/c15-11-3-4-21-12(11)8-17-14(20)10-5-9(6-16-7-10)1-2-13(18)19/h1-7H,8H2,(H,17,20)(H,18,19)/b2-1+. The number of aliphatic carboxylic acids is 1. The topological polar surface area (TPSA) is 79.3 Å². The van der Waals surface area contributed by atoms with E-state index in [2.05, 4.69) is 26.2 Å². The molecule has 7 heteroatoms. The zero-order chi connectivity index (χ0) is 15.2. The van der Waals surface area contributed by atoms with Crippen LogP contribution in [0, 0.1) is 0 Å². The lowest BCUT2D eigenvalue weighted by Crippen LogP contribution is -2.22. The number of carbonyl (C=O) groups excluding carboxylic acids is 1. The number of aromatic nitrogens is 1. The number of rotatable bonds is 5. The molecule has 21 heavy (non-hydrogen) atoms. The van der Waals surface area contributed by atoms with E-state index < -0.39 is 5.97 Å². The normalized spacial score (nSPS) is 10.7. The summed E-state index contributed by atoms with van der Waals surface area (Å²) in [7, 11) is 0. The highest BCUT2D eigenvalue weighted by molar-refractivity contribution is 9.10. The summed E-state index contributed by atoms with van der Waals surface area (Å²) in [6, 6.07) is 3.51. The fourth-order valence-corrected chi connectivity index (χ4v) is 2.99. The van der Waals surface area contributed by atoms with Crippen molar-refractivity contribution in [2.75, 3.05) is 0 Å². The Kier molecular flexibility index (Phi) is 5.24. The molecule has 108 valence electrons. The summed E-state index contributed by atoms with van der Waals surface area (Å²) < 4.78 is 0.962. The maximum absolute atomic E-state index is 12.0. The van der Waals surface area contributed by atoms with E-state index in [0.717, 1.165) is 15.4 Å². The highest BCUT2D eigenvalue weighted by Crippen LogP contribution is 2.22. The van der Waals surface area contributed by atoms with Gasteiger partial charge in [-0.25, -0.2) is 4.79 Å². The Morgan fingerprint density at radius 3 is 2.90 bits per heavy atom. The highest BCUT2D eigenvalue weighted by Gasteiger charge is 2.08. The summed E-state index contributed by atoms with van der Waals surface area (Å²) in [6.07, 6.45) is 5.33. The van der Waals surface area contributed by atoms with Crippen molar-refractivity contribution in [3.63, 3.8) is 0 Å². The van der Waals surface area contributed by atoms with Crippen LogP contribution in [0.1, 0.15) is 20.8 Å². The van der Waals surface area contributed by atoms with Crippen molar-refractivity contribution < 1.29 is 14.7 Å². The zero-order valence-electron chi connectivity index (χ0n) is 10.7. The minimum absolute atomic E-state index is 0.256. The second kappa shape index (κ2) is 7.14. The Morgan fingerprint density at radius 1 is 1.43 bits per heavy atom. The molecule has 0 radical (unpaired) electrons. The van der Waals surface area contributed by atoms with Gasteiger partial charge in [-0.05, 0) is 45.1 Å². The van der Waals surface area contributed by atoms with Crippen LogP contribution in [0.3, 0.4) is 0 Å². The number of halogens is 1. The average Bonchev–Trinajstić information content (AvgIpc) is 2.88. The number of pyridine rings is 1. The van der Waals surface area contributed by atoms with E-state index in [9.17, 15) is 9.59 Å². The van der Waals surface area contributed by atoms with Gasteiger partial charge in [-0.2, -0.15) is 0 Å². The summed E-state index contributed by atoms with van der Waals surface area (Å²) >= 11 is 4.95. The number of hydrogen-bond donors (Lipinski definition) is 2. The molecule has 2 N–H and O–H groups in total. The summed E-state index contributed by atoms with van der Waals surface area (Å²) in [5.41, 5.74) is 0.942. The van der Waals surface area contributed by atoms with Crippen molar-refractivity contribution in [1.29, 1.82) is 0 Å². The first-order valence-corrected chi connectivity index (χ1v) is 7.59. The van der Waals surface area contributed by atoms with Gasteiger partial charge in [0.15, 0.2) is 0 Å². The van der Waals surface area contributed by atoms with Gasteiger partial charge >= 0.3 is 5.97 Å². The molecule has 0 unspecified atom stereocenters. The van der Waals surface area contributed by atoms with E-state index >= 15 is 0 Å². The van der Waals surface area contributed by atoms with E-state index in [1.54, 1.807) is 17.4 Å². The highest BCUT2D eigenvalue weighted by atomic mass is 79.9. The van der Waals surface area contributed by atoms with Crippen LogP contribution < -0.4 is 5.32 Å². The number of hydrogen-bond acceptors (Lipinski definition) is 4. The lowest BCUT2D eigenvalue weighted by Gasteiger charge is -2.04. The fourth-order valence-electron chi connectivity index (χ4n) is 1.55. The van der Waals surface area contributed by atoms with Gasteiger partial charge in [0.25, 0.3) is 5.91 Å². The van der Waals surface area contributed by atoms with Crippen LogP contribution >= 0.6 is 27.3 Å². The number of carbonyl (C=O) groups is 2. The van der Waals surface area contributed by atoms with Gasteiger partial charge in [0.2, 0.25) is 0 Å². The van der Waals surface area contributed by atoms with Crippen LogP contribution in [0.15, 0.2) is 40.5 Å². The Balaban J connectivity index is 2.04. The molecule has 2 heterocycles. The minimum atomic E-state index is -1.05. The second-order valence-electron chi connectivity index (χ2n) is 4.05. The van der Waals surface area contributed by atoms with Gasteiger partial charge in [0.05, 0.1) is 12.1 Å². The van der Waals surface area contributed by atoms with Crippen LogP contribution in [-0.2, 0) is 11.3 Å². The van der Waals surface area contributed by atoms with Crippen molar-refractivity contribution >= 4 is 45.2 Å². The summed E-state index contributed by atoms with van der Waals surface area (Å²) in [6.45, 7) is 0.423. The Labute approximate surface area is 133 Å². The van der Waals surface area contributed by atoms with Gasteiger partial charge in [-0.15, -0.1) is 11.3 Å². The van der Waals surface area contributed by atoms with Gasteiger partial charge < -0.3 is 10.4 Å². The molecule has 2 aromatic heterocycles. The van der Waals surface area contributed by atoms with Gasteiger partial charge in [0.1, 0.15) is 0 Å². The Hall–Kier alpha value is -1.99. The molecule has 0 atom stereocenters. The third-order valence-corrected chi connectivity index (χ3v) is 4.47. The molecular weight excluding hydrogens is 356 g/mol. The van der Waals surface area contributed by atoms with Crippen LogP contribution in [0.4, 0.5) is 0 Å². The predicted molar refractivity (Wildman–Crippen MR) is 84.1 cm³/mol. The zero-order valence-corrected chi connectivity index (χ0v) is 13.1. The number of carboxylic acid groups (broad SMARTS) is 1. The van der Waals surface area contributed by atoms with Crippen LogP contribution in [0.5, 0.6) is 0 Å². The number of amides is 1. The predicted octanol–water partition coefficient (Wildman–Crippen LogP) is 2.93. The molecule has 0 aliphatic carbocycles. The third kappa shape index (κ3) is 4.51. The molecule has 0 bridgehead atoms. The van der Waals surface area contributed by atoms with E-state index in [1.807, 2.05) is 11.4 Å². The Morgan fingerprint density at radius 2 is 2.24 bits per heavy atom. The van der Waals surface area contributed by atoms with Crippen LogP contribution in [-0.4, -0.2) is 22.0 Å². The molecule has 0 aromatic carbocycles. The number of nitrogens with one attached hydrogen (secondary N) is 1.